The molecule has 0 aliphatic carbocycles. The summed E-state index contributed by atoms with van der Waals surface area (Å²) >= 11 is 0. The largest absolute Gasteiger partial charge is 0.488 e. The van der Waals surface area contributed by atoms with Crippen LogP contribution in [0.1, 0.15) is 38.2 Å². The molecule has 0 saturated carbocycles. The van der Waals surface area contributed by atoms with Crippen molar-refractivity contribution in [3.05, 3.63) is 29.3 Å². The Bertz CT molecular complexity index is 484. The number of carbonyl (C=O) groups is 1. The van der Waals surface area contributed by atoms with Crippen molar-refractivity contribution in [3.8, 4) is 5.75 Å². The number of nitrogens with two attached hydrogens (primary N) is 1. The van der Waals surface area contributed by atoms with E-state index in [1.807, 2.05) is 5.43 Å². The molecule has 0 spiro atoms. The fraction of sp³-hybridized carbons (Fsp3) is 0.429. The minimum atomic E-state index is -0.862. The molecule has 0 atom stereocenters. The van der Waals surface area contributed by atoms with Gasteiger partial charge in [-0.15, -0.1) is 0 Å². The molecule has 0 aromatic heterocycles. The summed E-state index contributed by atoms with van der Waals surface area (Å²) in [5.41, 5.74) is 6.88. The maximum atomic E-state index is 13.7. The minimum absolute atomic E-state index is 0.150. The summed E-state index contributed by atoms with van der Waals surface area (Å²) in [5, 5.41) is 3.43. The highest BCUT2D eigenvalue weighted by Gasteiger charge is 2.12. The molecular formula is C14H19F2N3O2. The summed E-state index contributed by atoms with van der Waals surface area (Å²) in [6.07, 6.45) is 4.94. The molecule has 116 valence electrons. The lowest BCUT2D eigenvalue weighted by molar-refractivity contribution is 0.249. The van der Waals surface area contributed by atoms with Crippen LogP contribution in [0.3, 0.4) is 0 Å². The first-order valence-corrected chi connectivity index (χ1v) is 6.75. The van der Waals surface area contributed by atoms with E-state index < -0.39 is 23.4 Å². The van der Waals surface area contributed by atoms with Gasteiger partial charge in [0.1, 0.15) is 0 Å². The predicted molar refractivity (Wildman–Crippen MR) is 76.3 cm³/mol. The summed E-state index contributed by atoms with van der Waals surface area (Å²) in [6, 6.07) is 1.27. The van der Waals surface area contributed by atoms with Gasteiger partial charge in [-0.05, 0) is 18.6 Å². The molecule has 0 aliphatic heterocycles. The van der Waals surface area contributed by atoms with Gasteiger partial charge in [0.2, 0.25) is 0 Å². The van der Waals surface area contributed by atoms with Crippen LogP contribution in [0.5, 0.6) is 5.75 Å². The van der Waals surface area contributed by atoms with Gasteiger partial charge in [0.25, 0.3) is 0 Å². The number of primary amides is 1. The highest BCUT2D eigenvalue weighted by atomic mass is 19.1. The number of amides is 2. The Kier molecular flexibility index (Phi) is 7.14. The monoisotopic (exact) mass is 299 g/mol. The zero-order valence-corrected chi connectivity index (χ0v) is 11.9. The van der Waals surface area contributed by atoms with Crippen molar-refractivity contribution in [2.24, 2.45) is 10.8 Å². The molecule has 3 N–H and O–H groups in total. The second kappa shape index (κ2) is 8.89. The summed E-state index contributed by atoms with van der Waals surface area (Å²) < 4.78 is 32.6. The van der Waals surface area contributed by atoms with E-state index in [2.05, 4.69) is 12.0 Å². The average molecular weight is 299 g/mol. The number of halogens is 2. The van der Waals surface area contributed by atoms with E-state index in [1.165, 1.54) is 0 Å². The lowest BCUT2D eigenvalue weighted by Gasteiger charge is -2.08. The third-order valence-corrected chi connectivity index (χ3v) is 2.65. The molecule has 1 rings (SSSR count). The number of carbonyl (C=O) groups excluding carboxylic acids is 1. The molecule has 0 radical (unpaired) electrons. The van der Waals surface area contributed by atoms with Gasteiger partial charge in [0.15, 0.2) is 17.4 Å². The Balaban J connectivity index is 2.62. The van der Waals surface area contributed by atoms with Crippen LogP contribution in [0.15, 0.2) is 17.2 Å². The highest BCUT2D eigenvalue weighted by Crippen LogP contribution is 2.23. The van der Waals surface area contributed by atoms with Crippen LogP contribution in [0.25, 0.3) is 0 Å². The molecule has 0 unspecified atom stereocenters. The molecule has 21 heavy (non-hydrogen) atoms. The quantitative estimate of drug-likeness (QED) is 0.440. The molecule has 5 nitrogen and oxygen atoms in total. The van der Waals surface area contributed by atoms with E-state index >= 15 is 0 Å². The van der Waals surface area contributed by atoms with Crippen LogP contribution >= 0.6 is 0 Å². The number of nitrogens with one attached hydrogen (secondary N) is 1. The maximum absolute atomic E-state index is 13.7. The van der Waals surface area contributed by atoms with E-state index in [0.29, 0.717) is 0 Å². The van der Waals surface area contributed by atoms with Crippen LogP contribution in [0, 0.1) is 11.6 Å². The highest BCUT2D eigenvalue weighted by molar-refractivity contribution is 5.81. The van der Waals surface area contributed by atoms with Crippen molar-refractivity contribution < 1.29 is 18.3 Å². The Morgan fingerprint density at radius 2 is 2.00 bits per heavy atom. The zero-order valence-electron chi connectivity index (χ0n) is 11.9. The fourth-order valence-corrected chi connectivity index (χ4v) is 1.67. The number of unbranched alkanes of at least 4 members (excludes halogenated alkanes) is 3. The molecule has 0 heterocycles. The molecule has 1 aromatic carbocycles. The Morgan fingerprint density at radius 1 is 1.33 bits per heavy atom. The maximum Gasteiger partial charge on any atom is 0.332 e. The van der Waals surface area contributed by atoms with Gasteiger partial charge in [-0.2, -0.15) is 5.10 Å². The van der Waals surface area contributed by atoms with Gasteiger partial charge < -0.3 is 10.5 Å². The predicted octanol–water partition coefficient (Wildman–Crippen LogP) is 2.93. The minimum Gasteiger partial charge on any atom is -0.488 e. The number of urea groups is 1. The van der Waals surface area contributed by atoms with Crippen molar-refractivity contribution in [3.63, 3.8) is 0 Å². The smallest absolute Gasteiger partial charge is 0.332 e. The van der Waals surface area contributed by atoms with Crippen LogP contribution in [-0.2, 0) is 0 Å². The van der Waals surface area contributed by atoms with Crippen molar-refractivity contribution in [2.45, 2.75) is 32.6 Å². The number of hydrogen-bond donors (Lipinski definition) is 2. The van der Waals surface area contributed by atoms with Gasteiger partial charge >= 0.3 is 6.03 Å². The second-order valence-electron chi connectivity index (χ2n) is 4.46. The van der Waals surface area contributed by atoms with E-state index in [-0.39, 0.29) is 12.2 Å². The van der Waals surface area contributed by atoms with Gasteiger partial charge in [0, 0.05) is 5.56 Å². The summed E-state index contributed by atoms with van der Waals surface area (Å²) in [5.74, 6) is -2.02. The van der Waals surface area contributed by atoms with Crippen molar-refractivity contribution in [1.29, 1.82) is 0 Å². The summed E-state index contributed by atoms with van der Waals surface area (Å²) in [4.78, 5) is 10.4. The lowest BCUT2D eigenvalue weighted by atomic mass is 10.2. The Hall–Kier alpha value is -2.18. The van der Waals surface area contributed by atoms with Crippen molar-refractivity contribution in [1.82, 2.24) is 5.43 Å². The van der Waals surface area contributed by atoms with Gasteiger partial charge in [-0.25, -0.2) is 19.0 Å². The molecule has 7 heteroatoms. The van der Waals surface area contributed by atoms with Crippen LogP contribution in [0.4, 0.5) is 13.6 Å². The molecule has 0 fully saturated rings. The number of ether oxygens (including phenoxy) is 1. The van der Waals surface area contributed by atoms with Crippen LogP contribution in [0.2, 0.25) is 0 Å². The Morgan fingerprint density at radius 3 is 2.57 bits per heavy atom. The van der Waals surface area contributed by atoms with Crippen molar-refractivity contribution in [2.75, 3.05) is 6.61 Å². The third kappa shape index (κ3) is 6.20. The van der Waals surface area contributed by atoms with E-state index in [0.717, 1.165) is 44.0 Å². The zero-order chi connectivity index (χ0) is 15.7. The first-order chi connectivity index (χ1) is 10.0. The average Bonchev–Trinajstić information content (AvgIpc) is 2.40. The third-order valence-electron chi connectivity index (χ3n) is 2.65. The second-order valence-corrected chi connectivity index (χ2v) is 4.46. The number of rotatable bonds is 8. The van der Waals surface area contributed by atoms with E-state index in [9.17, 15) is 13.6 Å². The normalized spacial score (nSPS) is 10.8. The van der Waals surface area contributed by atoms with Crippen molar-refractivity contribution >= 4 is 12.2 Å². The number of nitrogens with zero attached hydrogens (tertiary/aromatic N) is 1. The first kappa shape index (κ1) is 16.9. The molecule has 1 aromatic rings. The lowest BCUT2D eigenvalue weighted by Crippen LogP contribution is -2.24. The van der Waals surface area contributed by atoms with E-state index in [1.54, 1.807) is 0 Å². The molecule has 0 bridgehead atoms. The SMILES string of the molecule is CCCCCCOc1c(F)cc(C=NNC(N)=O)cc1F. The van der Waals surface area contributed by atoms with Gasteiger partial charge in [0.05, 0.1) is 12.8 Å². The Labute approximate surface area is 122 Å². The molecule has 2 amide bonds. The fourth-order valence-electron chi connectivity index (χ4n) is 1.67. The van der Waals surface area contributed by atoms with Gasteiger partial charge in [-0.3, -0.25) is 0 Å². The molecule has 0 aliphatic rings. The van der Waals surface area contributed by atoms with E-state index in [4.69, 9.17) is 10.5 Å². The summed E-state index contributed by atoms with van der Waals surface area (Å²) in [7, 11) is 0. The number of hydrazone groups is 1. The van der Waals surface area contributed by atoms with Gasteiger partial charge in [-0.1, -0.05) is 26.2 Å². The molecular weight excluding hydrogens is 280 g/mol. The number of benzene rings is 1. The van der Waals surface area contributed by atoms with Crippen LogP contribution < -0.4 is 15.9 Å². The topological polar surface area (TPSA) is 76.7 Å². The standard InChI is InChI=1S/C14H19F2N3O2/c1-2-3-4-5-6-21-13-11(15)7-10(8-12(13)16)9-18-19-14(17)20/h7-9H,2-6H2,1H3,(H3,17,19,20). The van der Waals surface area contributed by atoms with Crippen LogP contribution in [-0.4, -0.2) is 18.9 Å². The first-order valence-electron chi connectivity index (χ1n) is 6.75. The summed E-state index contributed by atoms with van der Waals surface area (Å²) in [6.45, 7) is 2.35. The number of hydrogen-bond acceptors (Lipinski definition) is 3. The molecule has 0 saturated heterocycles.